The molecule has 0 heterocycles. The fraction of sp³-hybridized carbons (Fsp3) is 0.250. The van der Waals surface area contributed by atoms with E-state index in [1.54, 1.807) is 7.11 Å². The van der Waals surface area contributed by atoms with E-state index in [1.165, 1.54) is 14.8 Å². The summed E-state index contributed by atoms with van der Waals surface area (Å²) in [7, 11) is 1.72. The van der Waals surface area contributed by atoms with Crippen LogP contribution in [0.25, 0.3) is 0 Å². The van der Waals surface area contributed by atoms with Crippen molar-refractivity contribution in [1.82, 2.24) is 0 Å². The van der Waals surface area contributed by atoms with Gasteiger partial charge in [0.1, 0.15) is 5.75 Å². The van der Waals surface area contributed by atoms with Crippen molar-refractivity contribution in [2.45, 2.75) is 19.4 Å². The molecule has 0 amide bonds. The van der Waals surface area contributed by atoms with Crippen LogP contribution in [0.4, 0.5) is 5.69 Å². The first-order chi connectivity index (χ1) is 9.20. The molecule has 0 saturated carbocycles. The molecule has 2 nitrogen and oxygen atoms in total. The van der Waals surface area contributed by atoms with Crippen molar-refractivity contribution < 1.29 is 4.74 Å². The van der Waals surface area contributed by atoms with Gasteiger partial charge in [0.2, 0.25) is 0 Å². The van der Waals surface area contributed by atoms with E-state index in [1.807, 2.05) is 12.1 Å². The molecule has 2 aromatic rings. The van der Waals surface area contributed by atoms with Crippen LogP contribution in [0.1, 0.15) is 12.5 Å². The maximum Gasteiger partial charge on any atom is 0.122 e. The van der Waals surface area contributed by atoms with Crippen LogP contribution in [0, 0.1) is 3.57 Å². The maximum atomic E-state index is 5.39. The highest BCUT2D eigenvalue weighted by Crippen LogP contribution is 2.22. The molecule has 0 aliphatic carbocycles. The molecule has 0 bridgehead atoms. The first kappa shape index (κ1) is 14.2. The summed E-state index contributed by atoms with van der Waals surface area (Å²) >= 11 is 2.35. The molecule has 2 rings (SSSR count). The lowest BCUT2D eigenvalue weighted by molar-refractivity contribution is 0.409. The lowest BCUT2D eigenvalue weighted by Crippen LogP contribution is -2.19. The quantitative estimate of drug-likeness (QED) is 0.794. The average molecular weight is 367 g/mol. The monoisotopic (exact) mass is 367 g/mol. The van der Waals surface area contributed by atoms with Crippen molar-refractivity contribution in [2.24, 2.45) is 0 Å². The van der Waals surface area contributed by atoms with Crippen LogP contribution in [0.5, 0.6) is 5.75 Å². The Morgan fingerprint density at radius 3 is 2.53 bits per heavy atom. The average Bonchev–Trinajstić information content (AvgIpc) is 2.42. The Hall–Kier alpha value is -1.23. The number of nitrogens with one attached hydrogen (secondary N) is 1. The second-order valence-electron chi connectivity index (χ2n) is 4.54. The molecule has 0 aliphatic heterocycles. The smallest absolute Gasteiger partial charge is 0.122 e. The van der Waals surface area contributed by atoms with Gasteiger partial charge < -0.3 is 10.1 Å². The fourth-order valence-corrected chi connectivity index (χ4v) is 2.64. The van der Waals surface area contributed by atoms with Gasteiger partial charge in [-0.1, -0.05) is 30.3 Å². The van der Waals surface area contributed by atoms with Crippen molar-refractivity contribution in [1.29, 1.82) is 0 Å². The molecule has 2 aromatic carbocycles. The normalized spacial score (nSPS) is 11.9. The highest BCUT2D eigenvalue weighted by Gasteiger charge is 2.08. The molecule has 0 spiro atoms. The van der Waals surface area contributed by atoms with Crippen LogP contribution in [0.15, 0.2) is 48.5 Å². The maximum absolute atomic E-state index is 5.39. The predicted molar refractivity (Wildman–Crippen MR) is 88.9 cm³/mol. The van der Waals surface area contributed by atoms with Gasteiger partial charge in [-0.2, -0.15) is 0 Å². The lowest BCUT2D eigenvalue weighted by Gasteiger charge is -2.18. The zero-order chi connectivity index (χ0) is 13.7. The van der Waals surface area contributed by atoms with Gasteiger partial charge in [-0.3, -0.25) is 0 Å². The SMILES string of the molecule is COc1ccccc1CC(C)Nc1ccccc1I. The van der Waals surface area contributed by atoms with E-state index in [-0.39, 0.29) is 0 Å². The van der Waals surface area contributed by atoms with Gasteiger partial charge in [0, 0.05) is 15.3 Å². The van der Waals surface area contributed by atoms with E-state index < -0.39 is 0 Å². The molecule has 1 atom stereocenters. The Labute approximate surface area is 128 Å². The summed E-state index contributed by atoms with van der Waals surface area (Å²) in [6.07, 6.45) is 0.939. The Balaban J connectivity index is 2.05. The van der Waals surface area contributed by atoms with Crippen LogP contribution >= 0.6 is 22.6 Å². The zero-order valence-corrected chi connectivity index (χ0v) is 13.3. The number of hydrogen-bond acceptors (Lipinski definition) is 2. The summed E-state index contributed by atoms with van der Waals surface area (Å²) in [6, 6.07) is 16.9. The largest absolute Gasteiger partial charge is 0.496 e. The standard InChI is InChI=1S/C16H18INO/c1-12(18-15-9-5-4-8-14(15)17)11-13-7-3-6-10-16(13)19-2/h3-10,12,18H,11H2,1-2H3. The number of methoxy groups -OCH3 is 1. The molecular weight excluding hydrogens is 349 g/mol. The van der Waals surface area contributed by atoms with Crippen LogP contribution < -0.4 is 10.1 Å². The third-order valence-corrected chi connectivity index (χ3v) is 3.94. The number of rotatable bonds is 5. The van der Waals surface area contributed by atoms with Gasteiger partial charge in [0.15, 0.2) is 0 Å². The van der Waals surface area contributed by atoms with E-state index in [0.29, 0.717) is 6.04 Å². The Morgan fingerprint density at radius 1 is 1.11 bits per heavy atom. The summed E-state index contributed by atoms with van der Waals surface area (Å²) in [4.78, 5) is 0. The Morgan fingerprint density at radius 2 is 1.79 bits per heavy atom. The topological polar surface area (TPSA) is 21.3 Å². The summed E-state index contributed by atoms with van der Waals surface area (Å²) in [6.45, 7) is 2.19. The molecule has 3 heteroatoms. The van der Waals surface area contributed by atoms with E-state index in [2.05, 4.69) is 71.2 Å². The molecule has 1 N–H and O–H groups in total. The van der Waals surface area contributed by atoms with E-state index in [4.69, 9.17) is 4.74 Å². The van der Waals surface area contributed by atoms with Crippen LogP contribution in [-0.2, 0) is 6.42 Å². The third kappa shape index (κ3) is 3.86. The van der Waals surface area contributed by atoms with Gasteiger partial charge in [0.05, 0.1) is 7.11 Å². The number of hydrogen-bond donors (Lipinski definition) is 1. The highest BCUT2D eigenvalue weighted by molar-refractivity contribution is 14.1. The molecule has 0 fully saturated rings. The van der Waals surface area contributed by atoms with Crippen LogP contribution in [0.2, 0.25) is 0 Å². The minimum Gasteiger partial charge on any atom is -0.496 e. The summed E-state index contributed by atoms with van der Waals surface area (Å²) in [5.74, 6) is 0.957. The van der Waals surface area contributed by atoms with Crippen molar-refractivity contribution in [2.75, 3.05) is 12.4 Å². The second kappa shape index (κ2) is 6.80. The minimum absolute atomic E-state index is 0.354. The zero-order valence-electron chi connectivity index (χ0n) is 11.2. The molecule has 19 heavy (non-hydrogen) atoms. The minimum atomic E-state index is 0.354. The molecule has 1 unspecified atom stereocenters. The number of ether oxygens (including phenoxy) is 1. The number of benzene rings is 2. The molecule has 100 valence electrons. The molecular formula is C16H18INO. The highest BCUT2D eigenvalue weighted by atomic mass is 127. The van der Waals surface area contributed by atoms with E-state index in [9.17, 15) is 0 Å². The van der Waals surface area contributed by atoms with Gasteiger partial charge >= 0.3 is 0 Å². The van der Waals surface area contributed by atoms with Crippen molar-refractivity contribution in [3.05, 3.63) is 57.7 Å². The summed E-state index contributed by atoms with van der Waals surface area (Å²) in [5, 5.41) is 3.55. The first-order valence-corrected chi connectivity index (χ1v) is 7.41. The third-order valence-electron chi connectivity index (χ3n) is 2.99. The number of halogens is 1. The van der Waals surface area contributed by atoms with Crippen LogP contribution in [0.3, 0.4) is 0 Å². The summed E-state index contributed by atoms with van der Waals surface area (Å²) < 4.78 is 6.63. The predicted octanol–water partition coefficient (Wildman–Crippen LogP) is 4.34. The lowest BCUT2D eigenvalue weighted by atomic mass is 10.1. The van der Waals surface area contributed by atoms with E-state index in [0.717, 1.165) is 12.2 Å². The van der Waals surface area contributed by atoms with Crippen molar-refractivity contribution >= 4 is 28.3 Å². The molecule has 0 radical (unpaired) electrons. The molecule has 0 aromatic heterocycles. The van der Waals surface area contributed by atoms with Crippen LogP contribution in [-0.4, -0.2) is 13.2 Å². The van der Waals surface area contributed by atoms with Gasteiger partial charge in [-0.25, -0.2) is 0 Å². The second-order valence-corrected chi connectivity index (χ2v) is 5.70. The van der Waals surface area contributed by atoms with Gasteiger partial charge in [-0.15, -0.1) is 0 Å². The number of para-hydroxylation sites is 2. The fourth-order valence-electron chi connectivity index (χ4n) is 2.10. The molecule has 0 saturated heterocycles. The Kier molecular flexibility index (Phi) is 5.07. The first-order valence-electron chi connectivity index (χ1n) is 6.33. The van der Waals surface area contributed by atoms with Gasteiger partial charge in [0.25, 0.3) is 0 Å². The summed E-state index contributed by atoms with van der Waals surface area (Å²) in [5.41, 5.74) is 2.42. The Bertz CT molecular complexity index is 542. The molecule has 0 aliphatic rings. The van der Waals surface area contributed by atoms with E-state index >= 15 is 0 Å². The van der Waals surface area contributed by atoms with Gasteiger partial charge in [-0.05, 0) is 59.7 Å². The number of anilines is 1. The van der Waals surface area contributed by atoms with Crippen molar-refractivity contribution in [3.8, 4) is 5.75 Å². The van der Waals surface area contributed by atoms with Crippen molar-refractivity contribution in [3.63, 3.8) is 0 Å².